The zero-order valence-electron chi connectivity index (χ0n) is 8.75. The van der Waals surface area contributed by atoms with Crippen molar-refractivity contribution in [3.8, 4) is 0 Å². The van der Waals surface area contributed by atoms with Crippen LogP contribution < -0.4 is 5.32 Å². The molecule has 0 saturated carbocycles. The molecule has 1 aliphatic rings. The van der Waals surface area contributed by atoms with Gasteiger partial charge in [-0.1, -0.05) is 22.9 Å². The Labute approximate surface area is 93.7 Å². The molecule has 1 rings (SSSR count). The van der Waals surface area contributed by atoms with Crippen molar-refractivity contribution in [2.45, 2.75) is 51.4 Å². The molecule has 0 radical (unpaired) electrons. The van der Waals surface area contributed by atoms with E-state index in [-0.39, 0.29) is 24.2 Å². The van der Waals surface area contributed by atoms with Crippen molar-refractivity contribution in [2.75, 3.05) is 5.33 Å². The van der Waals surface area contributed by atoms with Crippen molar-refractivity contribution in [1.82, 2.24) is 5.32 Å². The molecule has 1 aliphatic heterocycles. The van der Waals surface area contributed by atoms with E-state index in [9.17, 15) is 4.79 Å². The van der Waals surface area contributed by atoms with Crippen LogP contribution in [0.2, 0.25) is 0 Å². The lowest BCUT2D eigenvalue weighted by Crippen LogP contribution is -2.41. The normalized spacial score (nSPS) is 28.8. The van der Waals surface area contributed by atoms with Crippen LogP contribution in [-0.2, 0) is 9.53 Å². The monoisotopic (exact) mass is 263 g/mol. The third kappa shape index (κ3) is 3.24. The predicted molar refractivity (Wildman–Crippen MR) is 59.6 cm³/mol. The highest BCUT2D eigenvalue weighted by Gasteiger charge is 2.28. The van der Waals surface area contributed by atoms with Crippen molar-refractivity contribution >= 4 is 21.8 Å². The topological polar surface area (TPSA) is 38.3 Å². The first-order valence-electron chi connectivity index (χ1n) is 5.19. The molecule has 1 fully saturated rings. The third-order valence-corrected chi connectivity index (χ3v) is 3.33. The molecule has 0 aliphatic carbocycles. The molecule has 0 aromatic heterocycles. The zero-order valence-corrected chi connectivity index (χ0v) is 10.3. The summed E-state index contributed by atoms with van der Waals surface area (Å²) in [7, 11) is 0. The molecule has 1 saturated heterocycles. The molecule has 0 aromatic rings. The number of hydrogen-bond donors (Lipinski definition) is 1. The zero-order chi connectivity index (χ0) is 10.6. The quantitative estimate of drug-likeness (QED) is 0.787. The summed E-state index contributed by atoms with van der Waals surface area (Å²) in [6, 6.07) is 0.224. The summed E-state index contributed by atoms with van der Waals surface area (Å²) in [5, 5.41) is 3.77. The molecule has 3 nitrogen and oxygen atoms in total. The van der Waals surface area contributed by atoms with Gasteiger partial charge in [-0.3, -0.25) is 4.79 Å². The van der Waals surface area contributed by atoms with Gasteiger partial charge < -0.3 is 10.1 Å². The minimum absolute atomic E-state index is 0.0423. The molecular weight excluding hydrogens is 246 g/mol. The van der Waals surface area contributed by atoms with Gasteiger partial charge in [0.15, 0.2) is 0 Å². The lowest BCUT2D eigenvalue weighted by molar-refractivity contribution is -0.132. The van der Waals surface area contributed by atoms with E-state index in [1.807, 2.05) is 6.92 Å². The number of halogens is 1. The van der Waals surface area contributed by atoms with Gasteiger partial charge in [0.1, 0.15) is 6.10 Å². The second kappa shape index (κ2) is 5.71. The van der Waals surface area contributed by atoms with E-state index in [0.29, 0.717) is 0 Å². The van der Waals surface area contributed by atoms with Gasteiger partial charge in [0.05, 0.1) is 6.10 Å². The molecule has 3 atom stereocenters. The number of nitrogens with one attached hydrogen (secondary N) is 1. The van der Waals surface area contributed by atoms with Crippen LogP contribution in [0.15, 0.2) is 0 Å². The minimum atomic E-state index is -0.224. The number of carbonyl (C=O) groups excluding carboxylic acids is 1. The van der Waals surface area contributed by atoms with Gasteiger partial charge in [0.2, 0.25) is 5.91 Å². The van der Waals surface area contributed by atoms with Gasteiger partial charge in [-0.05, 0) is 26.2 Å². The Morgan fingerprint density at radius 3 is 2.79 bits per heavy atom. The Kier molecular flexibility index (Phi) is 4.89. The number of carbonyl (C=O) groups is 1. The number of ether oxygens (including phenoxy) is 1. The molecule has 82 valence electrons. The Hall–Kier alpha value is -0.0900. The van der Waals surface area contributed by atoms with E-state index in [0.717, 1.165) is 24.6 Å². The fourth-order valence-electron chi connectivity index (χ4n) is 1.54. The first-order valence-corrected chi connectivity index (χ1v) is 6.31. The van der Waals surface area contributed by atoms with Gasteiger partial charge in [-0.2, -0.15) is 0 Å². The highest BCUT2D eigenvalue weighted by molar-refractivity contribution is 9.09. The maximum absolute atomic E-state index is 11.7. The highest BCUT2D eigenvalue weighted by Crippen LogP contribution is 2.19. The molecule has 1 amide bonds. The Balaban J connectivity index is 2.34. The lowest BCUT2D eigenvalue weighted by atomic mass is 10.2. The smallest absolute Gasteiger partial charge is 0.249 e. The van der Waals surface area contributed by atoms with E-state index in [2.05, 4.69) is 28.2 Å². The number of amides is 1. The molecule has 0 aromatic carbocycles. The number of alkyl halides is 1. The van der Waals surface area contributed by atoms with E-state index in [4.69, 9.17) is 4.74 Å². The fraction of sp³-hybridized carbons (Fsp3) is 0.900. The van der Waals surface area contributed by atoms with Gasteiger partial charge in [-0.25, -0.2) is 0 Å². The van der Waals surface area contributed by atoms with Crippen LogP contribution in [0.1, 0.15) is 33.1 Å². The number of hydrogen-bond acceptors (Lipinski definition) is 2. The van der Waals surface area contributed by atoms with E-state index < -0.39 is 0 Å². The average molecular weight is 264 g/mol. The first kappa shape index (κ1) is 12.0. The average Bonchev–Trinajstić information content (AvgIpc) is 2.61. The summed E-state index contributed by atoms with van der Waals surface area (Å²) >= 11 is 3.37. The van der Waals surface area contributed by atoms with E-state index in [1.54, 1.807) is 0 Å². The SMILES string of the molecule is CCC(CBr)NC(=O)C1CCC(C)O1. The molecule has 3 unspecified atom stereocenters. The summed E-state index contributed by atoms with van der Waals surface area (Å²) in [5.41, 5.74) is 0. The lowest BCUT2D eigenvalue weighted by Gasteiger charge is -2.17. The summed E-state index contributed by atoms with van der Waals surface area (Å²) < 4.78 is 5.49. The van der Waals surface area contributed by atoms with E-state index >= 15 is 0 Å². The van der Waals surface area contributed by atoms with Crippen LogP contribution in [0.5, 0.6) is 0 Å². The molecule has 0 bridgehead atoms. The van der Waals surface area contributed by atoms with Gasteiger partial charge in [0, 0.05) is 11.4 Å². The van der Waals surface area contributed by atoms with Crippen molar-refractivity contribution in [1.29, 1.82) is 0 Å². The molecule has 14 heavy (non-hydrogen) atoms. The van der Waals surface area contributed by atoms with Crippen molar-refractivity contribution in [3.05, 3.63) is 0 Å². The van der Waals surface area contributed by atoms with Gasteiger partial charge in [-0.15, -0.1) is 0 Å². The minimum Gasteiger partial charge on any atom is -0.365 e. The summed E-state index contributed by atoms with van der Waals surface area (Å²) in [6.07, 6.45) is 2.79. The van der Waals surface area contributed by atoms with E-state index in [1.165, 1.54) is 0 Å². The molecule has 0 spiro atoms. The van der Waals surface area contributed by atoms with Crippen LogP contribution >= 0.6 is 15.9 Å². The van der Waals surface area contributed by atoms with Gasteiger partial charge in [0.25, 0.3) is 0 Å². The summed E-state index contributed by atoms with van der Waals surface area (Å²) in [4.78, 5) is 11.7. The Bertz CT molecular complexity index is 195. The van der Waals surface area contributed by atoms with Crippen molar-refractivity contribution in [3.63, 3.8) is 0 Å². The van der Waals surface area contributed by atoms with Crippen molar-refractivity contribution < 1.29 is 9.53 Å². The molecule has 4 heteroatoms. The van der Waals surface area contributed by atoms with Crippen LogP contribution in [0, 0.1) is 0 Å². The fourth-order valence-corrected chi connectivity index (χ4v) is 2.16. The Morgan fingerprint density at radius 2 is 2.36 bits per heavy atom. The molecule has 1 heterocycles. The third-order valence-electron chi connectivity index (χ3n) is 2.55. The maximum Gasteiger partial charge on any atom is 0.249 e. The second-order valence-electron chi connectivity index (χ2n) is 3.78. The maximum atomic E-state index is 11.7. The standard InChI is InChI=1S/C10H18BrNO2/c1-3-8(6-11)12-10(13)9-5-4-7(2)14-9/h7-9H,3-6H2,1-2H3,(H,12,13). The largest absolute Gasteiger partial charge is 0.365 e. The molecular formula is C10H18BrNO2. The summed E-state index contributed by atoms with van der Waals surface area (Å²) in [6.45, 7) is 4.07. The van der Waals surface area contributed by atoms with Crippen molar-refractivity contribution in [2.24, 2.45) is 0 Å². The van der Waals surface area contributed by atoms with Crippen LogP contribution in [-0.4, -0.2) is 29.5 Å². The van der Waals surface area contributed by atoms with Gasteiger partial charge >= 0.3 is 0 Å². The van der Waals surface area contributed by atoms with Crippen LogP contribution in [0.4, 0.5) is 0 Å². The predicted octanol–water partition coefficient (Wildman–Crippen LogP) is 1.84. The second-order valence-corrected chi connectivity index (χ2v) is 4.43. The van der Waals surface area contributed by atoms with Crippen LogP contribution in [0.25, 0.3) is 0 Å². The van der Waals surface area contributed by atoms with Crippen LogP contribution in [0.3, 0.4) is 0 Å². The summed E-state index contributed by atoms with van der Waals surface area (Å²) in [5.74, 6) is 0.0423. The highest BCUT2D eigenvalue weighted by atomic mass is 79.9. The number of rotatable bonds is 4. The Morgan fingerprint density at radius 1 is 1.64 bits per heavy atom. The first-order chi connectivity index (χ1) is 6.67. The molecule has 1 N–H and O–H groups in total.